The highest BCUT2D eigenvalue weighted by Crippen LogP contribution is 2.27. The number of hydrogen-bond acceptors (Lipinski definition) is 4. The highest BCUT2D eigenvalue weighted by Gasteiger charge is 2.35. The van der Waals surface area contributed by atoms with Crippen molar-refractivity contribution in [2.75, 3.05) is 20.1 Å². The first kappa shape index (κ1) is 24.7. The summed E-state index contributed by atoms with van der Waals surface area (Å²) in [5.41, 5.74) is 1.60. The second kappa shape index (κ2) is 10.3. The number of nitrogens with zero attached hydrogens (tertiary/aromatic N) is 3. The molecule has 2 heterocycles. The molecule has 0 saturated carbocycles. The first-order chi connectivity index (χ1) is 15.7. The van der Waals surface area contributed by atoms with E-state index in [4.69, 9.17) is 17.2 Å². The first-order valence-electron chi connectivity index (χ1n) is 11.4. The SMILES string of the molecule is CCCNC(=S)N1CCn2c(-c3ccccc3)nc(C(=O)N[C@H](C(=O)NC)C(C)(C)C)c2C1. The zero-order chi connectivity index (χ0) is 24.2. The van der Waals surface area contributed by atoms with Crippen molar-refractivity contribution < 1.29 is 9.59 Å². The van der Waals surface area contributed by atoms with Crippen molar-refractivity contribution in [3.63, 3.8) is 0 Å². The molecule has 1 atom stereocenters. The van der Waals surface area contributed by atoms with Crippen LogP contribution >= 0.6 is 12.2 Å². The molecule has 33 heavy (non-hydrogen) atoms. The van der Waals surface area contributed by atoms with Gasteiger partial charge in [-0.3, -0.25) is 9.59 Å². The van der Waals surface area contributed by atoms with Crippen LogP contribution in [-0.4, -0.2) is 57.6 Å². The molecule has 0 saturated heterocycles. The number of thiocarbonyl (C=S) groups is 1. The minimum Gasteiger partial charge on any atom is -0.363 e. The summed E-state index contributed by atoms with van der Waals surface area (Å²) < 4.78 is 2.09. The number of carbonyl (C=O) groups is 2. The maximum absolute atomic E-state index is 13.5. The van der Waals surface area contributed by atoms with Gasteiger partial charge in [0.25, 0.3) is 5.91 Å². The summed E-state index contributed by atoms with van der Waals surface area (Å²) in [4.78, 5) is 32.8. The van der Waals surface area contributed by atoms with Gasteiger partial charge in [-0.2, -0.15) is 0 Å². The number of benzene rings is 1. The van der Waals surface area contributed by atoms with Gasteiger partial charge in [0, 0.05) is 32.2 Å². The number of nitrogens with one attached hydrogen (secondary N) is 3. The van der Waals surface area contributed by atoms with Crippen molar-refractivity contribution >= 4 is 29.1 Å². The molecule has 9 heteroatoms. The van der Waals surface area contributed by atoms with E-state index in [1.165, 1.54) is 0 Å². The topological polar surface area (TPSA) is 91.3 Å². The van der Waals surface area contributed by atoms with Crippen LogP contribution in [0.4, 0.5) is 0 Å². The van der Waals surface area contributed by atoms with Crippen molar-refractivity contribution in [3.8, 4) is 11.4 Å². The maximum Gasteiger partial charge on any atom is 0.272 e. The molecule has 3 rings (SSSR count). The lowest BCUT2D eigenvalue weighted by molar-refractivity contribution is -0.124. The fourth-order valence-corrected chi connectivity index (χ4v) is 4.15. The Morgan fingerprint density at radius 1 is 1.18 bits per heavy atom. The van der Waals surface area contributed by atoms with Crippen LogP contribution in [0.2, 0.25) is 0 Å². The molecule has 1 aromatic heterocycles. The van der Waals surface area contributed by atoms with E-state index in [1.807, 2.05) is 51.1 Å². The number of likely N-dealkylation sites (N-methyl/N-ethyl adjacent to an activating group) is 1. The van der Waals surface area contributed by atoms with Gasteiger partial charge in [0.15, 0.2) is 10.8 Å². The minimum absolute atomic E-state index is 0.237. The lowest BCUT2D eigenvalue weighted by atomic mass is 9.86. The Labute approximate surface area is 201 Å². The van der Waals surface area contributed by atoms with Gasteiger partial charge in [-0.1, -0.05) is 58.0 Å². The summed E-state index contributed by atoms with van der Waals surface area (Å²) in [6, 6.07) is 9.14. The molecule has 0 aliphatic carbocycles. The number of hydrogen-bond donors (Lipinski definition) is 3. The summed E-state index contributed by atoms with van der Waals surface area (Å²) in [7, 11) is 1.57. The van der Waals surface area contributed by atoms with Gasteiger partial charge in [-0.15, -0.1) is 0 Å². The smallest absolute Gasteiger partial charge is 0.272 e. The highest BCUT2D eigenvalue weighted by atomic mass is 32.1. The van der Waals surface area contributed by atoms with E-state index < -0.39 is 11.5 Å². The third kappa shape index (κ3) is 5.52. The van der Waals surface area contributed by atoms with Crippen molar-refractivity contribution in [1.82, 2.24) is 30.4 Å². The van der Waals surface area contributed by atoms with E-state index in [9.17, 15) is 9.59 Å². The molecule has 178 valence electrons. The Kier molecular flexibility index (Phi) is 7.73. The van der Waals surface area contributed by atoms with Crippen molar-refractivity contribution in [2.24, 2.45) is 5.41 Å². The molecule has 0 bridgehead atoms. The van der Waals surface area contributed by atoms with Crippen molar-refractivity contribution in [2.45, 2.75) is 53.2 Å². The quantitative estimate of drug-likeness (QED) is 0.562. The molecule has 0 fully saturated rings. The Hall–Kier alpha value is -2.94. The van der Waals surface area contributed by atoms with Crippen LogP contribution < -0.4 is 16.0 Å². The lowest BCUT2D eigenvalue weighted by Gasteiger charge is -2.32. The van der Waals surface area contributed by atoms with Crippen LogP contribution in [0.15, 0.2) is 30.3 Å². The van der Waals surface area contributed by atoms with Crippen LogP contribution in [0.1, 0.15) is 50.3 Å². The Bertz CT molecular complexity index is 1010. The molecule has 0 unspecified atom stereocenters. The highest BCUT2D eigenvalue weighted by molar-refractivity contribution is 7.80. The van der Waals surface area contributed by atoms with E-state index in [-0.39, 0.29) is 11.8 Å². The number of rotatable bonds is 6. The van der Waals surface area contributed by atoms with Crippen LogP contribution in [0.3, 0.4) is 0 Å². The van der Waals surface area contributed by atoms with Gasteiger partial charge < -0.3 is 25.4 Å². The molecule has 3 N–H and O–H groups in total. The molecule has 1 aliphatic rings. The second-order valence-corrected chi connectivity index (χ2v) is 9.68. The molecular formula is C24H34N6O2S. The summed E-state index contributed by atoms with van der Waals surface area (Å²) >= 11 is 5.58. The largest absolute Gasteiger partial charge is 0.363 e. The zero-order valence-electron chi connectivity index (χ0n) is 20.1. The molecule has 8 nitrogen and oxygen atoms in total. The van der Waals surface area contributed by atoms with Gasteiger partial charge in [-0.25, -0.2) is 4.98 Å². The maximum atomic E-state index is 13.5. The molecular weight excluding hydrogens is 436 g/mol. The molecule has 1 aliphatic heterocycles. The summed E-state index contributed by atoms with van der Waals surface area (Å²) in [6.07, 6.45) is 0.978. The number of imidazole rings is 1. The van der Waals surface area contributed by atoms with Crippen molar-refractivity contribution in [3.05, 3.63) is 41.7 Å². The first-order valence-corrected chi connectivity index (χ1v) is 11.8. The van der Waals surface area contributed by atoms with Crippen LogP contribution in [-0.2, 0) is 17.9 Å². The fourth-order valence-electron chi connectivity index (χ4n) is 3.89. The number of carbonyl (C=O) groups excluding carboxylic acids is 2. The van der Waals surface area contributed by atoms with E-state index in [1.54, 1.807) is 7.05 Å². The predicted molar refractivity (Wildman–Crippen MR) is 134 cm³/mol. The number of aromatic nitrogens is 2. The van der Waals surface area contributed by atoms with Gasteiger partial charge >= 0.3 is 0 Å². The summed E-state index contributed by atoms with van der Waals surface area (Å²) in [5, 5.41) is 9.52. The number of amides is 2. The third-order valence-electron chi connectivity index (χ3n) is 5.72. The second-order valence-electron chi connectivity index (χ2n) is 9.29. The van der Waals surface area contributed by atoms with Gasteiger partial charge in [-0.05, 0) is 24.1 Å². The Morgan fingerprint density at radius 2 is 1.88 bits per heavy atom. The fraction of sp³-hybridized carbons (Fsp3) is 0.500. The lowest BCUT2D eigenvalue weighted by Crippen LogP contribution is -2.53. The molecule has 2 aromatic rings. The summed E-state index contributed by atoms with van der Waals surface area (Å²) in [6.45, 7) is 10.5. The average Bonchev–Trinajstić information content (AvgIpc) is 3.19. The standard InChI is InChI=1S/C24H34N6O2S/c1-6-12-26-23(33)29-13-14-30-17(15-29)18(27-20(30)16-10-8-7-9-11-16)21(31)28-19(22(32)25-5)24(2,3)4/h7-11,19H,6,12-15H2,1-5H3,(H,25,32)(H,26,33)(H,28,31)/t19-/m1/s1. The Morgan fingerprint density at radius 3 is 2.48 bits per heavy atom. The Balaban J connectivity index is 1.99. The third-order valence-corrected chi connectivity index (χ3v) is 6.12. The monoisotopic (exact) mass is 470 g/mol. The zero-order valence-corrected chi connectivity index (χ0v) is 20.9. The average molecular weight is 471 g/mol. The summed E-state index contributed by atoms with van der Waals surface area (Å²) in [5.74, 6) is 0.146. The normalized spacial score (nSPS) is 14.3. The van der Waals surface area contributed by atoms with E-state index in [0.717, 1.165) is 36.6 Å². The van der Waals surface area contributed by atoms with Crippen LogP contribution in [0.25, 0.3) is 11.4 Å². The van der Waals surface area contributed by atoms with E-state index in [2.05, 4.69) is 32.3 Å². The minimum atomic E-state index is -0.695. The van der Waals surface area contributed by atoms with Gasteiger partial charge in [0.05, 0.1) is 12.2 Å². The van der Waals surface area contributed by atoms with Crippen LogP contribution in [0, 0.1) is 5.41 Å². The molecule has 0 spiro atoms. The van der Waals surface area contributed by atoms with Gasteiger partial charge in [0.1, 0.15) is 11.9 Å². The van der Waals surface area contributed by atoms with Crippen LogP contribution in [0.5, 0.6) is 0 Å². The molecule has 0 radical (unpaired) electrons. The number of fused-ring (bicyclic) bond motifs is 1. The molecule has 1 aromatic carbocycles. The molecule has 2 amide bonds. The predicted octanol–water partition coefficient (Wildman–Crippen LogP) is 2.54. The van der Waals surface area contributed by atoms with Crippen molar-refractivity contribution in [1.29, 1.82) is 0 Å². The van der Waals surface area contributed by atoms with E-state index >= 15 is 0 Å². The van der Waals surface area contributed by atoms with Gasteiger partial charge in [0.2, 0.25) is 5.91 Å². The van der Waals surface area contributed by atoms with E-state index in [0.29, 0.717) is 23.9 Å².